The Kier molecular flexibility index (Phi) is 8.95. The van der Waals surface area contributed by atoms with E-state index in [4.69, 9.17) is 5.73 Å². The van der Waals surface area contributed by atoms with E-state index in [9.17, 15) is 4.79 Å². The van der Waals surface area contributed by atoms with Gasteiger partial charge in [-0.2, -0.15) is 0 Å². The predicted molar refractivity (Wildman–Crippen MR) is 78.5 cm³/mol. The Labute approximate surface area is 122 Å². The quantitative estimate of drug-likeness (QED) is 0.718. The van der Waals surface area contributed by atoms with Crippen molar-refractivity contribution in [2.45, 2.75) is 50.6 Å². The lowest BCUT2D eigenvalue weighted by Crippen LogP contribution is -2.45. The zero-order valence-electron chi connectivity index (χ0n) is 10.7. The van der Waals surface area contributed by atoms with Gasteiger partial charge in [-0.1, -0.05) is 0 Å². The van der Waals surface area contributed by atoms with Gasteiger partial charge >= 0.3 is 0 Å². The SMILES string of the molecule is Cl.Cl.NC1CCC(NC(=O)C2CCNCC2)CC1. The van der Waals surface area contributed by atoms with Gasteiger partial charge < -0.3 is 16.4 Å². The van der Waals surface area contributed by atoms with Gasteiger partial charge in [-0.25, -0.2) is 0 Å². The third-order valence-corrected chi connectivity index (χ3v) is 3.83. The third kappa shape index (κ3) is 5.31. The zero-order chi connectivity index (χ0) is 11.4. The Bertz CT molecular complexity index is 239. The van der Waals surface area contributed by atoms with E-state index in [1.54, 1.807) is 0 Å². The van der Waals surface area contributed by atoms with Crippen molar-refractivity contribution < 1.29 is 4.79 Å². The average molecular weight is 298 g/mol. The van der Waals surface area contributed by atoms with E-state index >= 15 is 0 Å². The molecule has 108 valence electrons. The van der Waals surface area contributed by atoms with Crippen LogP contribution < -0.4 is 16.4 Å². The van der Waals surface area contributed by atoms with Crippen molar-refractivity contribution in [1.82, 2.24) is 10.6 Å². The van der Waals surface area contributed by atoms with Crippen LogP contribution in [0.4, 0.5) is 0 Å². The molecule has 1 heterocycles. The molecule has 1 amide bonds. The second-order valence-electron chi connectivity index (χ2n) is 5.14. The maximum absolute atomic E-state index is 12.0. The highest BCUT2D eigenvalue weighted by atomic mass is 35.5. The number of hydrogen-bond donors (Lipinski definition) is 3. The highest BCUT2D eigenvalue weighted by molar-refractivity contribution is 5.85. The van der Waals surface area contributed by atoms with E-state index in [1.165, 1.54) is 0 Å². The second kappa shape index (κ2) is 8.97. The van der Waals surface area contributed by atoms with E-state index in [1.807, 2.05) is 0 Å². The van der Waals surface area contributed by atoms with Crippen molar-refractivity contribution >= 4 is 30.7 Å². The summed E-state index contributed by atoms with van der Waals surface area (Å²) in [5.74, 6) is 0.499. The van der Waals surface area contributed by atoms with Gasteiger partial charge in [0.25, 0.3) is 0 Å². The molecule has 1 aliphatic heterocycles. The van der Waals surface area contributed by atoms with Crippen LogP contribution in [0, 0.1) is 5.92 Å². The standard InChI is InChI=1S/C12H23N3O.2ClH/c13-10-1-3-11(4-2-10)15-12(16)9-5-7-14-8-6-9;;/h9-11,14H,1-8,13H2,(H,15,16);2*1H. The van der Waals surface area contributed by atoms with Crippen LogP contribution in [0.1, 0.15) is 38.5 Å². The Hall–Kier alpha value is -0.0300. The predicted octanol–water partition coefficient (Wildman–Crippen LogP) is 1.22. The molecule has 1 saturated heterocycles. The first-order valence-electron chi connectivity index (χ1n) is 6.52. The van der Waals surface area contributed by atoms with Crippen LogP contribution in [0.5, 0.6) is 0 Å². The fourth-order valence-electron chi connectivity index (χ4n) is 2.67. The van der Waals surface area contributed by atoms with Crippen LogP contribution in [0.2, 0.25) is 0 Å². The maximum Gasteiger partial charge on any atom is 0.223 e. The summed E-state index contributed by atoms with van der Waals surface area (Å²) in [5, 5.41) is 6.47. The van der Waals surface area contributed by atoms with Crippen molar-refractivity contribution in [3.63, 3.8) is 0 Å². The van der Waals surface area contributed by atoms with E-state index in [0.717, 1.165) is 51.6 Å². The fraction of sp³-hybridized carbons (Fsp3) is 0.917. The molecule has 2 aliphatic rings. The largest absolute Gasteiger partial charge is 0.353 e. The van der Waals surface area contributed by atoms with Gasteiger partial charge in [-0.15, -0.1) is 24.8 Å². The first kappa shape index (κ1) is 18.0. The average Bonchev–Trinajstić information content (AvgIpc) is 2.33. The van der Waals surface area contributed by atoms with Crippen LogP contribution in [-0.4, -0.2) is 31.1 Å². The summed E-state index contributed by atoms with van der Waals surface area (Å²) in [6.45, 7) is 1.96. The van der Waals surface area contributed by atoms with Crippen LogP contribution >= 0.6 is 24.8 Å². The first-order valence-corrected chi connectivity index (χ1v) is 6.52. The molecule has 4 nitrogen and oxygen atoms in total. The number of carbonyl (C=O) groups excluding carboxylic acids is 1. The molecule has 2 fully saturated rings. The summed E-state index contributed by atoms with van der Waals surface area (Å²) >= 11 is 0. The normalized spacial score (nSPS) is 28.7. The molecule has 0 aromatic carbocycles. The van der Waals surface area contributed by atoms with Crippen LogP contribution in [0.3, 0.4) is 0 Å². The van der Waals surface area contributed by atoms with Crippen LogP contribution in [-0.2, 0) is 4.79 Å². The van der Waals surface area contributed by atoms with E-state index in [2.05, 4.69) is 10.6 Å². The molecule has 0 unspecified atom stereocenters. The number of nitrogens with one attached hydrogen (secondary N) is 2. The number of amides is 1. The Morgan fingerprint density at radius 1 is 1.00 bits per heavy atom. The molecule has 0 radical (unpaired) electrons. The number of carbonyl (C=O) groups is 1. The molecule has 0 aromatic heterocycles. The van der Waals surface area contributed by atoms with Crippen molar-refractivity contribution in [1.29, 1.82) is 0 Å². The molecule has 18 heavy (non-hydrogen) atoms. The molecule has 1 aliphatic carbocycles. The topological polar surface area (TPSA) is 67.1 Å². The molecule has 0 spiro atoms. The smallest absolute Gasteiger partial charge is 0.223 e. The maximum atomic E-state index is 12.0. The summed E-state index contributed by atoms with van der Waals surface area (Å²) in [5.41, 5.74) is 5.85. The molecule has 2 rings (SSSR count). The van der Waals surface area contributed by atoms with Crippen molar-refractivity contribution in [3.05, 3.63) is 0 Å². The van der Waals surface area contributed by atoms with Crippen LogP contribution in [0.15, 0.2) is 0 Å². The molecule has 6 heteroatoms. The lowest BCUT2D eigenvalue weighted by Gasteiger charge is -2.29. The summed E-state index contributed by atoms with van der Waals surface area (Å²) < 4.78 is 0. The Balaban J connectivity index is 0.00000144. The van der Waals surface area contributed by atoms with E-state index < -0.39 is 0 Å². The Morgan fingerprint density at radius 3 is 2.11 bits per heavy atom. The summed E-state index contributed by atoms with van der Waals surface area (Å²) in [6.07, 6.45) is 6.18. The lowest BCUT2D eigenvalue weighted by molar-refractivity contribution is -0.126. The minimum atomic E-state index is 0. The molecular weight excluding hydrogens is 273 g/mol. The fourth-order valence-corrected chi connectivity index (χ4v) is 2.67. The first-order chi connectivity index (χ1) is 7.75. The second-order valence-corrected chi connectivity index (χ2v) is 5.14. The highest BCUT2D eigenvalue weighted by Crippen LogP contribution is 2.18. The van der Waals surface area contributed by atoms with Gasteiger partial charge in [0.1, 0.15) is 0 Å². The van der Waals surface area contributed by atoms with Gasteiger partial charge in [0.15, 0.2) is 0 Å². The van der Waals surface area contributed by atoms with E-state index in [-0.39, 0.29) is 36.6 Å². The van der Waals surface area contributed by atoms with Crippen molar-refractivity contribution in [3.8, 4) is 0 Å². The summed E-state index contributed by atoms with van der Waals surface area (Å²) in [7, 11) is 0. The zero-order valence-corrected chi connectivity index (χ0v) is 12.3. The molecule has 0 aromatic rings. The van der Waals surface area contributed by atoms with Gasteiger partial charge in [-0.05, 0) is 51.6 Å². The highest BCUT2D eigenvalue weighted by Gasteiger charge is 2.25. The molecule has 0 bridgehead atoms. The van der Waals surface area contributed by atoms with Crippen molar-refractivity contribution in [2.75, 3.05) is 13.1 Å². The monoisotopic (exact) mass is 297 g/mol. The van der Waals surface area contributed by atoms with Gasteiger partial charge in [0, 0.05) is 18.0 Å². The molecular formula is C12H25Cl2N3O. The lowest BCUT2D eigenvalue weighted by atomic mass is 9.90. The number of halogens is 2. The van der Waals surface area contributed by atoms with E-state index in [0.29, 0.717) is 12.1 Å². The summed E-state index contributed by atoms with van der Waals surface area (Å²) in [4.78, 5) is 12.0. The Morgan fingerprint density at radius 2 is 1.56 bits per heavy atom. The minimum Gasteiger partial charge on any atom is -0.353 e. The summed E-state index contributed by atoms with van der Waals surface area (Å²) in [6, 6.07) is 0.731. The number of nitrogens with two attached hydrogens (primary N) is 1. The van der Waals surface area contributed by atoms with Gasteiger partial charge in [0.05, 0.1) is 0 Å². The van der Waals surface area contributed by atoms with Gasteiger partial charge in [-0.3, -0.25) is 4.79 Å². The molecule has 0 atom stereocenters. The van der Waals surface area contributed by atoms with Crippen molar-refractivity contribution in [2.24, 2.45) is 11.7 Å². The number of piperidine rings is 1. The van der Waals surface area contributed by atoms with Crippen LogP contribution in [0.25, 0.3) is 0 Å². The van der Waals surface area contributed by atoms with Gasteiger partial charge in [0.2, 0.25) is 5.91 Å². The minimum absolute atomic E-state index is 0. The third-order valence-electron chi connectivity index (χ3n) is 3.83. The number of rotatable bonds is 2. The molecule has 1 saturated carbocycles. The molecule has 4 N–H and O–H groups in total. The number of hydrogen-bond acceptors (Lipinski definition) is 3.